The van der Waals surface area contributed by atoms with Gasteiger partial charge >= 0.3 is 0 Å². The van der Waals surface area contributed by atoms with Crippen molar-refractivity contribution < 1.29 is 4.74 Å². The van der Waals surface area contributed by atoms with Crippen molar-refractivity contribution in [3.05, 3.63) is 35.9 Å². The van der Waals surface area contributed by atoms with Gasteiger partial charge in [0.1, 0.15) is 0 Å². The van der Waals surface area contributed by atoms with E-state index in [0.29, 0.717) is 6.04 Å². The van der Waals surface area contributed by atoms with E-state index in [-0.39, 0.29) is 0 Å². The van der Waals surface area contributed by atoms with Gasteiger partial charge in [-0.1, -0.05) is 30.3 Å². The predicted octanol–water partition coefficient (Wildman–Crippen LogP) is 0.965. The zero-order valence-corrected chi connectivity index (χ0v) is 12.1. The van der Waals surface area contributed by atoms with E-state index < -0.39 is 0 Å². The highest BCUT2D eigenvalue weighted by molar-refractivity contribution is 5.20. The molecule has 0 amide bonds. The van der Waals surface area contributed by atoms with Gasteiger partial charge in [0.15, 0.2) is 0 Å². The Balaban J connectivity index is 1.57. The van der Waals surface area contributed by atoms with Crippen LogP contribution in [-0.4, -0.2) is 68.8 Å². The number of morpholine rings is 1. The fraction of sp³-hybridized carbons (Fsp3) is 0.625. The largest absolute Gasteiger partial charge is 0.379 e. The molecule has 2 aliphatic rings. The molecule has 2 saturated heterocycles. The quantitative estimate of drug-likeness (QED) is 0.886. The molecular formula is C16H25N3O. The van der Waals surface area contributed by atoms with Gasteiger partial charge in [-0.3, -0.25) is 9.80 Å². The Morgan fingerprint density at radius 2 is 1.85 bits per heavy atom. The lowest BCUT2D eigenvalue weighted by Gasteiger charge is -2.38. The Morgan fingerprint density at radius 3 is 2.65 bits per heavy atom. The summed E-state index contributed by atoms with van der Waals surface area (Å²) in [5.74, 6) is 0. The van der Waals surface area contributed by atoms with E-state index in [0.717, 1.165) is 59.0 Å². The molecule has 1 N–H and O–H groups in total. The third-order valence-electron chi connectivity index (χ3n) is 4.35. The summed E-state index contributed by atoms with van der Waals surface area (Å²) in [5, 5.41) is 3.53. The van der Waals surface area contributed by atoms with Gasteiger partial charge in [0.05, 0.1) is 13.2 Å². The van der Waals surface area contributed by atoms with E-state index >= 15 is 0 Å². The second kappa shape index (κ2) is 7.18. The molecule has 2 aliphatic heterocycles. The van der Waals surface area contributed by atoms with Crippen LogP contribution in [0.1, 0.15) is 11.6 Å². The molecule has 0 aliphatic carbocycles. The van der Waals surface area contributed by atoms with Crippen molar-refractivity contribution >= 4 is 0 Å². The van der Waals surface area contributed by atoms with Crippen LogP contribution in [0.2, 0.25) is 0 Å². The Labute approximate surface area is 121 Å². The summed E-state index contributed by atoms with van der Waals surface area (Å²) in [6.07, 6.45) is 0. The van der Waals surface area contributed by atoms with E-state index in [9.17, 15) is 0 Å². The van der Waals surface area contributed by atoms with Gasteiger partial charge in [-0.2, -0.15) is 0 Å². The van der Waals surface area contributed by atoms with Crippen LogP contribution in [0, 0.1) is 0 Å². The average molecular weight is 275 g/mol. The first-order chi connectivity index (χ1) is 9.93. The molecular weight excluding hydrogens is 250 g/mol. The molecule has 0 saturated carbocycles. The van der Waals surface area contributed by atoms with E-state index in [4.69, 9.17) is 4.74 Å². The zero-order chi connectivity index (χ0) is 13.6. The lowest BCUT2D eigenvalue weighted by molar-refractivity contribution is 0.0291. The summed E-state index contributed by atoms with van der Waals surface area (Å²) in [4.78, 5) is 5.15. The van der Waals surface area contributed by atoms with E-state index in [2.05, 4.69) is 45.4 Å². The van der Waals surface area contributed by atoms with Crippen molar-refractivity contribution in [1.29, 1.82) is 0 Å². The van der Waals surface area contributed by atoms with Crippen molar-refractivity contribution in [2.75, 3.05) is 59.0 Å². The van der Waals surface area contributed by atoms with Gasteiger partial charge in [0.2, 0.25) is 0 Å². The molecule has 2 fully saturated rings. The average Bonchev–Trinajstić information content (AvgIpc) is 2.55. The van der Waals surface area contributed by atoms with E-state index in [1.54, 1.807) is 0 Å². The zero-order valence-electron chi connectivity index (χ0n) is 12.1. The molecule has 0 spiro atoms. The fourth-order valence-electron chi connectivity index (χ4n) is 3.11. The van der Waals surface area contributed by atoms with Crippen molar-refractivity contribution in [2.45, 2.75) is 6.04 Å². The fourth-order valence-corrected chi connectivity index (χ4v) is 3.11. The van der Waals surface area contributed by atoms with Crippen molar-refractivity contribution in [1.82, 2.24) is 15.1 Å². The van der Waals surface area contributed by atoms with Crippen molar-refractivity contribution in [3.63, 3.8) is 0 Å². The molecule has 1 aromatic rings. The number of ether oxygens (including phenoxy) is 1. The van der Waals surface area contributed by atoms with Crippen molar-refractivity contribution in [2.24, 2.45) is 0 Å². The topological polar surface area (TPSA) is 27.7 Å². The van der Waals surface area contributed by atoms with Crippen LogP contribution in [0.4, 0.5) is 0 Å². The number of rotatable bonds is 4. The molecule has 3 rings (SSSR count). The first-order valence-corrected chi connectivity index (χ1v) is 7.73. The molecule has 1 unspecified atom stereocenters. The van der Waals surface area contributed by atoms with Crippen LogP contribution in [0.5, 0.6) is 0 Å². The molecule has 4 heteroatoms. The minimum Gasteiger partial charge on any atom is -0.379 e. The first-order valence-electron chi connectivity index (χ1n) is 7.73. The number of hydrogen-bond acceptors (Lipinski definition) is 4. The highest BCUT2D eigenvalue weighted by Gasteiger charge is 2.24. The lowest BCUT2D eigenvalue weighted by Crippen LogP contribution is -2.49. The standard InChI is InChI=1S/C16H25N3O/c1-2-4-15(5-3-1)16-14-17-6-7-19(16)9-8-18-10-12-20-13-11-18/h1-5,16-17H,6-14H2. The molecule has 1 atom stereocenters. The van der Waals surface area contributed by atoms with Crippen molar-refractivity contribution in [3.8, 4) is 0 Å². The summed E-state index contributed by atoms with van der Waals surface area (Å²) < 4.78 is 5.42. The molecule has 110 valence electrons. The van der Waals surface area contributed by atoms with Gasteiger partial charge in [0.25, 0.3) is 0 Å². The highest BCUT2D eigenvalue weighted by Crippen LogP contribution is 2.21. The SMILES string of the molecule is c1ccc(C2CNCCN2CCN2CCOCC2)cc1. The number of nitrogens with one attached hydrogen (secondary N) is 1. The molecule has 0 radical (unpaired) electrons. The van der Waals surface area contributed by atoms with Crippen LogP contribution in [-0.2, 0) is 4.74 Å². The maximum Gasteiger partial charge on any atom is 0.0594 e. The predicted molar refractivity (Wildman–Crippen MR) is 80.9 cm³/mol. The summed E-state index contributed by atoms with van der Waals surface area (Å²) in [6, 6.07) is 11.4. The highest BCUT2D eigenvalue weighted by atomic mass is 16.5. The smallest absolute Gasteiger partial charge is 0.0594 e. The van der Waals surface area contributed by atoms with Gasteiger partial charge < -0.3 is 10.1 Å². The monoisotopic (exact) mass is 275 g/mol. The molecule has 2 heterocycles. The van der Waals surface area contributed by atoms with E-state index in [1.807, 2.05) is 0 Å². The first kappa shape index (κ1) is 14.0. The van der Waals surface area contributed by atoms with Gasteiger partial charge in [0, 0.05) is 51.9 Å². The minimum absolute atomic E-state index is 0.519. The number of benzene rings is 1. The second-order valence-electron chi connectivity index (χ2n) is 5.62. The third-order valence-corrected chi connectivity index (χ3v) is 4.35. The maximum absolute atomic E-state index is 5.42. The summed E-state index contributed by atoms with van der Waals surface area (Å²) in [7, 11) is 0. The molecule has 0 aromatic heterocycles. The Bertz CT molecular complexity index is 392. The Kier molecular flexibility index (Phi) is 5.03. The number of hydrogen-bond donors (Lipinski definition) is 1. The van der Waals surface area contributed by atoms with E-state index in [1.165, 1.54) is 5.56 Å². The van der Waals surface area contributed by atoms with Crippen LogP contribution in [0.15, 0.2) is 30.3 Å². The Morgan fingerprint density at radius 1 is 1.05 bits per heavy atom. The molecule has 1 aromatic carbocycles. The third kappa shape index (κ3) is 3.58. The van der Waals surface area contributed by atoms with Crippen LogP contribution < -0.4 is 5.32 Å². The van der Waals surface area contributed by atoms with Crippen LogP contribution in [0.3, 0.4) is 0 Å². The molecule has 0 bridgehead atoms. The van der Waals surface area contributed by atoms with Crippen LogP contribution >= 0.6 is 0 Å². The summed E-state index contributed by atoms with van der Waals surface area (Å²) >= 11 is 0. The molecule has 20 heavy (non-hydrogen) atoms. The maximum atomic E-state index is 5.42. The summed E-state index contributed by atoms with van der Waals surface area (Å²) in [5.41, 5.74) is 1.43. The normalized spacial score (nSPS) is 25.7. The minimum atomic E-state index is 0.519. The lowest BCUT2D eigenvalue weighted by atomic mass is 10.0. The number of piperazine rings is 1. The van der Waals surface area contributed by atoms with Crippen LogP contribution in [0.25, 0.3) is 0 Å². The summed E-state index contributed by atoms with van der Waals surface area (Å²) in [6.45, 7) is 9.58. The van der Waals surface area contributed by atoms with Gasteiger partial charge in [-0.25, -0.2) is 0 Å². The number of nitrogens with zero attached hydrogens (tertiary/aromatic N) is 2. The second-order valence-corrected chi connectivity index (χ2v) is 5.62. The molecule has 4 nitrogen and oxygen atoms in total. The van der Waals surface area contributed by atoms with Gasteiger partial charge in [-0.05, 0) is 5.56 Å². The Hall–Kier alpha value is -0.940. The van der Waals surface area contributed by atoms with Gasteiger partial charge in [-0.15, -0.1) is 0 Å².